The summed E-state index contributed by atoms with van der Waals surface area (Å²) in [6.07, 6.45) is 9.87. The summed E-state index contributed by atoms with van der Waals surface area (Å²) in [6.45, 7) is 6.44. The van der Waals surface area contributed by atoms with E-state index in [0.29, 0.717) is 11.7 Å². The molecule has 0 radical (unpaired) electrons. The van der Waals surface area contributed by atoms with E-state index in [1.165, 1.54) is 38.5 Å². The van der Waals surface area contributed by atoms with Crippen LogP contribution in [-0.2, 0) is 4.79 Å². The quantitative estimate of drug-likeness (QED) is 0.591. The minimum absolute atomic E-state index is 0.288. The number of carbonyl (C=O) groups is 1. The van der Waals surface area contributed by atoms with Gasteiger partial charge in [0.1, 0.15) is 5.78 Å². The third-order valence-corrected chi connectivity index (χ3v) is 4.05. The number of ketones is 1. The summed E-state index contributed by atoms with van der Waals surface area (Å²) in [7, 11) is 0. The highest BCUT2D eigenvalue weighted by Crippen LogP contribution is 2.19. The lowest BCUT2D eigenvalue weighted by atomic mass is 9.84. The van der Waals surface area contributed by atoms with Crippen molar-refractivity contribution in [3.8, 4) is 0 Å². The maximum Gasteiger partial charge on any atom is 0.136 e. The van der Waals surface area contributed by atoms with Crippen LogP contribution in [0.5, 0.6) is 0 Å². The van der Waals surface area contributed by atoms with Gasteiger partial charge in [0.25, 0.3) is 0 Å². The molecule has 0 aromatic heterocycles. The van der Waals surface area contributed by atoms with Crippen LogP contribution in [0.15, 0.2) is 0 Å². The number of rotatable bonds is 10. The molecule has 1 rings (SSSR count). The van der Waals surface area contributed by atoms with Crippen LogP contribution in [0.2, 0.25) is 0 Å². The summed E-state index contributed by atoms with van der Waals surface area (Å²) < 4.78 is 0. The Kier molecular flexibility index (Phi) is 7.50. The Morgan fingerprint density at radius 3 is 2.24 bits per heavy atom. The van der Waals surface area contributed by atoms with Crippen molar-refractivity contribution < 1.29 is 4.79 Å². The van der Waals surface area contributed by atoms with E-state index in [4.69, 9.17) is 0 Å². The van der Waals surface area contributed by atoms with Crippen LogP contribution >= 0.6 is 0 Å². The van der Waals surface area contributed by atoms with Crippen molar-refractivity contribution in [2.45, 2.75) is 65.2 Å². The second-order valence-electron chi connectivity index (χ2n) is 5.54. The Morgan fingerprint density at radius 2 is 1.71 bits per heavy atom. The van der Waals surface area contributed by atoms with E-state index in [1.54, 1.807) is 0 Å². The first kappa shape index (κ1) is 14.7. The number of Topliss-reactive ketones (excluding diaryl/α,β-unsaturated/α-hetero) is 1. The van der Waals surface area contributed by atoms with Crippen molar-refractivity contribution in [1.29, 1.82) is 0 Å². The SMILES string of the molecule is CCCCCCCCCC(=O)C(C)C1CNC1. The number of hydrogen-bond acceptors (Lipinski definition) is 2. The fourth-order valence-corrected chi connectivity index (χ4v) is 2.41. The Bertz CT molecular complexity index is 211. The first-order valence-electron chi connectivity index (χ1n) is 7.49. The molecule has 0 amide bonds. The number of hydrogen-bond donors (Lipinski definition) is 1. The molecule has 17 heavy (non-hydrogen) atoms. The largest absolute Gasteiger partial charge is 0.316 e. The molecular weight excluding hydrogens is 210 g/mol. The fraction of sp³-hybridized carbons (Fsp3) is 0.933. The summed E-state index contributed by atoms with van der Waals surface area (Å²) in [5, 5.41) is 3.24. The van der Waals surface area contributed by atoms with Crippen molar-refractivity contribution in [2.75, 3.05) is 13.1 Å². The lowest BCUT2D eigenvalue weighted by Crippen LogP contribution is -2.47. The highest BCUT2D eigenvalue weighted by Gasteiger charge is 2.27. The van der Waals surface area contributed by atoms with E-state index in [0.717, 1.165) is 25.9 Å². The molecule has 1 aliphatic heterocycles. The third-order valence-electron chi connectivity index (χ3n) is 4.05. The molecule has 0 bridgehead atoms. The van der Waals surface area contributed by atoms with Gasteiger partial charge < -0.3 is 5.32 Å². The molecule has 0 aliphatic carbocycles. The zero-order valence-electron chi connectivity index (χ0n) is 11.6. The molecule has 1 fully saturated rings. The summed E-state index contributed by atoms with van der Waals surface area (Å²) in [5.41, 5.74) is 0. The summed E-state index contributed by atoms with van der Waals surface area (Å²) >= 11 is 0. The molecule has 1 atom stereocenters. The van der Waals surface area contributed by atoms with Gasteiger partial charge in [-0.2, -0.15) is 0 Å². The normalized spacial score (nSPS) is 17.8. The highest BCUT2D eigenvalue weighted by atomic mass is 16.1. The molecule has 2 heteroatoms. The average molecular weight is 239 g/mol. The van der Waals surface area contributed by atoms with E-state index >= 15 is 0 Å². The fourth-order valence-electron chi connectivity index (χ4n) is 2.41. The first-order valence-corrected chi connectivity index (χ1v) is 7.49. The minimum atomic E-state index is 0.288. The first-order chi connectivity index (χ1) is 8.25. The number of nitrogens with one attached hydrogen (secondary N) is 1. The Balaban J connectivity index is 1.92. The second-order valence-corrected chi connectivity index (χ2v) is 5.54. The molecule has 0 aromatic rings. The van der Waals surface area contributed by atoms with Crippen LogP contribution in [0.25, 0.3) is 0 Å². The lowest BCUT2D eigenvalue weighted by Gasteiger charge is -2.31. The van der Waals surface area contributed by atoms with Crippen LogP contribution in [0.1, 0.15) is 65.2 Å². The van der Waals surface area contributed by atoms with Crippen LogP contribution < -0.4 is 5.32 Å². The van der Waals surface area contributed by atoms with Crippen LogP contribution in [0.4, 0.5) is 0 Å². The van der Waals surface area contributed by atoms with Crippen LogP contribution in [-0.4, -0.2) is 18.9 Å². The molecule has 1 N–H and O–H groups in total. The zero-order chi connectivity index (χ0) is 12.5. The predicted octanol–water partition coefficient (Wildman–Crippen LogP) is 3.55. The van der Waals surface area contributed by atoms with Crippen molar-refractivity contribution >= 4 is 5.78 Å². The summed E-state index contributed by atoms with van der Waals surface area (Å²) in [4.78, 5) is 11.9. The molecule has 1 heterocycles. The average Bonchev–Trinajstić information content (AvgIpc) is 2.25. The molecule has 0 saturated carbocycles. The highest BCUT2D eigenvalue weighted by molar-refractivity contribution is 5.81. The predicted molar refractivity (Wildman–Crippen MR) is 73.1 cm³/mol. The monoisotopic (exact) mass is 239 g/mol. The van der Waals surface area contributed by atoms with Crippen LogP contribution in [0.3, 0.4) is 0 Å². The van der Waals surface area contributed by atoms with Gasteiger partial charge in [-0.05, 0) is 25.4 Å². The lowest BCUT2D eigenvalue weighted by molar-refractivity contribution is -0.124. The van der Waals surface area contributed by atoms with Gasteiger partial charge in [-0.3, -0.25) is 4.79 Å². The molecule has 100 valence electrons. The van der Waals surface area contributed by atoms with Gasteiger partial charge >= 0.3 is 0 Å². The molecule has 0 aromatic carbocycles. The van der Waals surface area contributed by atoms with E-state index < -0.39 is 0 Å². The van der Waals surface area contributed by atoms with E-state index in [1.807, 2.05) is 0 Å². The zero-order valence-corrected chi connectivity index (χ0v) is 11.6. The summed E-state index contributed by atoms with van der Waals surface area (Å²) in [6, 6.07) is 0. The van der Waals surface area contributed by atoms with Crippen molar-refractivity contribution in [2.24, 2.45) is 11.8 Å². The van der Waals surface area contributed by atoms with Crippen molar-refractivity contribution in [1.82, 2.24) is 5.32 Å². The number of carbonyl (C=O) groups excluding carboxylic acids is 1. The van der Waals surface area contributed by atoms with Gasteiger partial charge in [-0.1, -0.05) is 52.4 Å². The molecule has 0 spiro atoms. The molecule has 1 aliphatic rings. The van der Waals surface area contributed by atoms with Gasteiger partial charge in [-0.15, -0.1) is 0 Å². The molecule has 1 unspecified atom stereocenters. The molecule has 2 nitrogen and oxygen atoms in total. The van der Waals surface area contributed by atoms with Gasteiger partial charge in [0.2, 0.25) is 0 Å². The Hall–Kier alpha value is -0.370. The Labute approximate surface area is 107 Å². The van der Waals surface area contributed by atoms with Gasteiger partial charge in [0, 0.05) is 12.3 Å². The number of unbranched alkanes of at least 4 members (excludes halogenated alkanes) is 6. The Morgan fingerprint density at radius 1 is 1.12 bits per heavy atom. The van der Waals surface area contributed by atoms with E-state index in [-0.39, 0.29) is 5.92 Å². The molecule has 1 saturated heterocycles. The van der Waals surface area contributed by atoms with Gasteiger partial charge in [0.05, 0.1) is 0 Å². The maximum absolute atomic E-state index is 11.9. The van der Waals surface area contributed by atoms with Gasteiger partial charge in [0.15, 0.2) is 0 Å². The standard InChI is InChI=1S/C15H29NO/c1-3-4-5-6-7-8-9-10-15(17)13(2)14-11-16-12-14/h13-14,16H,3-12H2,1-2H3. The summed E-state index contributed by atoms with van der Waals surface area (Å²) in [5.74, 6) is 1.40. The van der Waals surface area contributed by atoms with Crippen molar-refractivity contribution in [3.05, 3.63) is 0 Å². The molecular formula is C15H29NO. The van der Waals surface area contributed by atoms with Crippen LogP contribution in [0, 0.1) is 11.8 Å². The third kappa shape index (κ3) is 5.67. The van der Waals surface area contributed by atoms with E-state index in [2.05, 4.69) is 19.2 Å². The second kappa shape index (κ2) is 8.68. The smallest absolute Gasteiger partial charge is 0.136 e. The van der Waals surface area contributed by atoms with Crippen molar-refractivity contribution in [3.63, 3.8) is 0 Å². The van der Waals surface area contributed by atoms with E-state index in [9.17, 15) is 4.79 Å². The maximum atomic E-state index is 11.9. The minimum Gasteiger partial charge on any atom is -0.316 e. The topological polar surface area (TPSA) is 29.1 Å². The van der Waals surface area contributed by atoms with Gasteiger partial charge in [-0.25, -0.2) is 0 Å².